The van der Waals surface area contributed by atoms with Crippen LogP contribution in [0.4, 0.5) is 0 Å². The lowest BCUT2D eigenvalue weighted by atomic mass is 9.60. The molecule has 6 heteroatoms. The van der Waals surface area contributed by atoms with Gasteiger partial charge in [0.1, 0.15) is 0 Å². The van der Waals surface area contributed by atoms with Crippen LogP contribution in [0.1, 0.15) is 48.5 Å². The van der Waals surface area contributed by atoms with Crippen LogP contribution in [0.15, 0.2) is 22.3 Å². The Labute approximate surface area is 155 Å². The summed E-state index contributed by atoms with van der Waals surface area (Å²) in [4.78, 5) is 36.3. The second-order valence-corrected chi connectivity index (χ2v) is 6.46. The summed E-state index contributed by atoms with van der Waals surface area (Å²) < 4.78 is 0. The second kappa shape index (κ2) is 7.55. The number of carboxylic acids is 1. The van der Waals surface area contributed by atoms with Crippen LogP contribution in [0, 0.1) is 10.8 Å². The smallest absolute Gasteiger partial charge is 0.309 e. The first-order chi connectivity index (χ1) is 9.87. The summed E-state index contributed by atoms with van der Waals surface area (Å²) in [7, 11) is 0. The summed E-state index contributed by atoms with van der Waals surface area (Å²) in [5, 5.41) is 9.43. The molecule has 0 spiro atoms. The number of hydrogen-bond donors (Lipinski definition) is 1. The lowest BCUT2D eigenvalue weighted by molar-refractivity contribution is -0.152. The predicted octanol–water partition coefficient (Wildman–Crippen LogP) is 4.70. The molecular weight excluding hydrogens is 510 g/mol. The zero-order valence-electron chi connectivity index (χ0n) is 13.9. The van der Waals surface area contributed by atoms with Gasteiger partial charge in [0, 0.05) is 64.9 Å². The molecule has 0 aromatic rings. The number of carbonyl (C=O) groups excluding carboxylic acids is 2. The first kappa shape index (κ1) is 21.8. The van der Waals surface area contributed by atoms with Gasteiger partial charge in [-0.05, 0) is 34.6 Å². The van der Waals surface area contributed by atoms with Crippen molar-refractivity contribution in [3.8, 4) is 0 Å². The molecule has 0 radical (unpaired) electrons. The van der Waals surface area contributed by atoms with Crippen LogP contribution in [0.2, 0.25) is 0 Å². The zero-order valence-corrected chi connectivity index (χ0v) is 18.2. The standard InChI is InChI=1S/C16H22O4.I2/c1-8-9(2)13(18)11(10(3)12(8)17)15(4,5)16(6,7)14(19)20;1-2/h1-7H3,(H,19,20);. The van der Waals surface area contributed by atoms with E-state index in [0.29, 0.717) is 22.3 Å². The van der Waals surface area contributed by atoms with Crippen molar-refractivity contribution in [2.45, 2.75) is 48.5 Å². The molecule has 0 atom stereocenters. The topological polar surface area (TPSA) is 71.4 Å². The van der Waals surface area contributed by atoms with Crippen LogP contribution < -0.4 is 0 Å². The van der Waals surface area contributed by atoms with E-state index in [0.717, 1.165) is 0 Å². The molecule has 0 aromatic carbocycles. The molecule has 0 unspecified atom stereocenters. The molecule has 124 valence electrons. The normalized spacial score (nSPS) is 16.6. The maximum absolute atomic E-state index is 12.5. The third kappa shape index (κ3) is 3.47. The maximum atomic E-state index is 12.5. The van der Waals surface area contributed by atoms with Crippen molar-refractivity contribution in [1.29, 1.82) is 0 Å². The fraction of sp³-hybridized carbons (Fsp3) is 0.562. The van der Waals surface area contributed by atoms with Gasteiger partial charge in [-0.1, -0.05) is 13.8 Å². The fourth-order valence-electron chi connectivity index (χ4n) is 2.43. The summed E-state index contributed by atoms with van der Waals surface area (Å²) in [6.45, 7) is 11.4. The van der Waals surface area contributed by atoms with Gasteiger partial charge in [-0.25, -0.2) is 0 Å². The largest absolute Gasteiger partial charge is 0.481 e. The van der Waals surface area contributed by atoms with Crippen LogP contribution in [0.3, 0.4) is 0 Å². The van der Waals surface area contributed by atoms with Crippen LogP contribution in [-0.2, 0) is 14.4 Å². The van der Waals surface area contributed by atoms with Gasteiger partial charge in [0.2, 0.25) is 0 Å². The SMILES string of the molecule is CC1=C(C)C(=O)C(C(C)(C)C(C)(C)C(=O)O)=C(C)C1=O.II. The highest BCUT2D eigenvalue weighted by atomic mass is 128. The molecule has 0 saturated heterocycles. The molecule has 22 heavy (non-hydrogen) atoms. The lowest BCUT2D eigenvalue weighted by Gasteiger charge is -2.41. The van der Waals surface area contributed by atoms with Gasteiger partial charge >= 0.3 is 5.97 Å². The van der Waals surface area contributed by atoms with E-state index >= 15 is 0 Å². The molecule has 0 bridgehead atoms. The average Bonchev–Trinajstić information content (AvgIpc) is 2.44. The quantitative estimate of drug-likeness (QED) is 0.423. The van der Waals surface area contributed by atoms with Gasteiger partial charge in [-0.2, -0.15) is 0 Å². The summed E-state index contributed by atoms with van der Waals surface area (Å²) in [5.74, 6) is -1.39. The van der Waals surface area contributed by atoms with E-state index in [4.69, 9.17) is 0 Å². The van der Waals surface area contributed by atoms with E-state index in [1.807, 2.05) is 0 Å². The highest BCUT2D eigenvalue weighted by Crippen LogP contribution is 2.48. The van der Waals surface area contributed by atoms with E-state index in [-0.39, 0.29) is 11.6 Å². The molecule has 0 fully saturated rings. The van der Waals surface area contributed by atoms with Crippen molar-refractivity contribution in [3.63, 3.8) is 0 Å². The van der Waals surface area contributed by atoms with E-state index in [1.54, 1.807) is 48.5 Å². The number of halogens is 2. The van der Waals surface area contributed by atoms with Gasteiger partial charge in [-0.15, -0.1) is 0 Å². The maximum Gasteiger partial charge on any atom is 0.309 e. The summed E-state index contributed by atoms with van der Waals surface area (Å²) in [5.41, 5.74) is -0.580. The van der Waals surface area contributed by atoms with Crippen molar-refractivity contribution in [2.75, 3.05) is 0 Å². The van der Waals surface area contributed by atoms with Crippen LogP contribution in [0.25, 0.3) is 0 Å². The molecule has 1 aliphatic carbocycles. The number of ketones is 2. The minimum atomic E-state index is -1.16. The van der Waals surface area contributed by atoms with Gasteiger partial charge in [-0.3, -0.25) is 14.4 Å². The highest BCUT2D eigenvalue weighted by Gasteiger charge is 2.50. The number of Topliss-reactive ketones (excluding diaryl/α,β-unsaturated/α-hetero) is 2. The fourth-order valence-corrected chi connectivity index (χ4v) is 2.43. The Bertz CT molecular complexity index is 581. The predicted molar refractivity (Wildman–Crippen MR) is 104 cm³/mol. The van der Waals surface area contributed by atoms with Crippen molar-refractivity contribution < 1.29 is 19.5 Å². The van der Waals surface area contributed by atoms with Gasteiger partial charge in [0.15, 0.2) is 11.6 Å². The van der Waals surface area contributed by atoms with E-state index in [2.05, 4.69) is 37.2 Å². The average molecular weight is 532 g/mol. The molecule has 1 N–H and O–H groups in total. The Balaban J connectivity index is 0.00000211. The molecule has 0 aliphatic heterocycles. The van der Waals surface area contributed by atoms with Crippen molar-refractivity contribution in [1.82, 2.24) is 0 Å². The van der Waals surface area contributed by atoms with Gasteiger partial charge in [0.25, 0.3) is 0 Å². The Morgan fingerprint density at radius 3 is 1.59 bits per heavy atom. The van der Waals surface area contributed by atoms with Gasteiger partial charge in [0.05, 0.1) is 5.41 Å². The van der Waals surface area contributed by atoms with Crippen molar-refractivity contribution >= 4 is 54.8 Å². The third-order valence-electron chi connectivity index (χ3n) is 4.91. The molecule has 4 nitrogen and oxygen atoms in total. The number of carboxylic acid groups (broad SMARTS) is 1. The van der Waals surface area contributed by atoms with Gasteiger partial charge < -0.3 is 5.11 Å². The summed E-state index contributed by atoms with van der Waals surface area (Å²) in [6, 6.07) is 0. The number of allylic oxidation sites excluding steroid dienone is 4. The molecule has 1 aliphatic rings. The van der Waals surface area contributed by atoms with Crippen LogP contribution in [0.5, 0.6) is 0 Å². The summed E-state index contributed by atoms with van der Waals surface area (Å²) >= 11 is 4.24. The lowest BCUT2D eigenvalue weighted by Crippen LogP contribution is -2.44. The van der Waals surface area contributed by atoms with E-state index in [1.165, 1.54) is 0 Å². The number of rotatable bonds is 3. The van der Waals surface area contributed by atoms with E-state index < -0.39 is 16.8 Å². The zero-order chi connectivity index (χ0) is 18.0. The molecule has 0 aromatic heterocycles. The molecule has 0 amide bonds. The second-order valence-electron chi connectivity index (χ2n) is 6.46. The Kier molecular flexibility index (Phi) is 7.46. The minimum absolute atomic E-state index is 0.175. The van der Waals surface area contributed by atoms with Crippen molar-refractivity contribution in [3.05, 3.63) is 22.3 Å². The monoisotopic (exact) mass is 532 g/mol. The first-order valence-electron chi connectivity index (χ1n) is 6.73. The minimum Gasteiger partial charge on any atom is -0.481 e. The number of hydrogen-bond acceptors (Lipinski definition) is 3. The van der Waals surface area contributed by atoms with E-state index in [9.17, 15) is 19.5 Å². The van der Waals surface area contributed by atoms with Crippen LogP contribution >= 0.6 is 37.2 Å². The molecule has 0 heterocycles. The highest BCUT2D eigenvalue weighted by molar-refractivity contribution is 15.0. The number of carbonyl (C=O) groups is 3. The number of aliphatic carboxylic acids is 1. The van der Waals surface area contributed by atoms with Crippen molar-refractivity contribution in [2.24, 2.45) is 10.8 Å². The Morgan fingerprint density at radius 2 is 1.23 bits per heavy atom. The molecule has 1 rings (SSSR count). The van der Waals surface area contributed by atoms with Crippen LogP contribution in [-0.4, -0.2) is 22.6 Å². The summed E-state index contributed by atoms with van der Waals surface area (Å²) in [6.07, 6.45) is 0. The first-order valence-corrected chi connectivity index (χ1v) is 13.0. The molecule has 0 saturated carbocycles. The third-order valence-corrected chi connectivity index (χ3v) is 4.91. The Morgan fingerprint density at radius 1 is 0.864 bits per heavy atom. The Hall–Kier alpha value is -0.250. The molecular formula is C16H22I2O4.